The molecule has 0 aliphatic rings. The van der Waals surface area contributed by atoms with Crippen LogP contribution in [-0.2, 0) is 6.42 Å². The molecule has 0 bridgehead atoms. The summed E-state index contributed by atoms with van der Waals surface area (Å²) in [6.07, 6.45) is 0.680. The Morgan fingerprint density at radius 2 is 2.50 bits per heavy atom. The highest BCUT2D eigenvalue weighted by molar-refractivity contribution is 5.90. The summed E-state index contributed by atoms with van der Waals surface area (Å²) in [6.45, 7) is 2.31. The molecule has 1 aromatic rings. The average molecular weight is 194 g/mol. The maximum Gasteiger partial charge on any atom is 0.292 e. The Morgan fingerprint density at radius 3 is 3.14 bits per heavy atom. The third-order valence-corrected chi connectivity index (χ3v) is 1.46. The fourth-order valence-electron chi connectivity index (χ4n) is 0.851. The van der Waals surface area contributed by atoms with E-state index in [-0.39, 0.29) is 11.7 Å². The maximum atomic E-state index is 11.2. The van der Waals surface area contributed by atoms with Crippen LogP contribution in [0.15, 0.2) is 4.52 Å². The van der Waals surface area contributed by atoms with Gasteiger partial charge in [-0.25, -0.2) is 0 Å². The Bertz CT molecular complexity index is 352. The molecule has 1 N–H and O–H groups in total. The van der Waals surface area contributed by atoms with E-state index in [9.17, 15) is 4.79 Å². The highest BCUT2D eigenvalue weighted by Gasteiger charge is 2.12. The Kier molecular flexibility index (Phi) is 3.61. The molecule has 1 aromatic heterocycles. The second kappa shape index (κ2) is 4.97. The summed E-state index contributed by atoms with van der Waals surface area (Å²) < 4.78 is 4.76. The lowest BCUT2D eigenvalue weighted by atomic mass is 10.3. The molecule has 6 heteroatoms. The van der Waals surface area contributed by atoms with Crippen molar-refractivity contribution in [2.45, 2.75) is 19.8 Å². The molecule has 0 radical (unpaired) electrons. The molecule has 1 heterocycles. The van der Waals surface area contributed by atoms with E-state index >= 15 is 0 Å². The van der Waals surface area contributed by atoms with Crippen LogP contribution in [0.5, 0.6) is 0 Å². The van der Waals surface area contributed by atoms with Crippen LogP contribution in [0.1, 0.15) is 29.9 Å². The van der Waals surface area contributed by atoms with Crippen LogP contribution < -0.4 is 5.32 Å². The van der Waals surface area contributed by atoms with Crippen molar-refractivity contribution in [1.29, 1.82) is 5.26 Å². The number of aryl methyl sites for hydroxylation is 1. The van der Waals surface area contributed by atoms with E-state index in [2.05, 4.69) is 15.5 Å². The van der Waals surface area contributed by atoms with E-state index in [1.807, 2.05) is 6.07 Å². The molecule has 1 rings (SSSR count). The third-order valence-electron chi connectivity index (χ3n) is 1.46. The van der Waals surface area contributed by atoms with Gasteiger partial charge < -0.3 is 9.84 Å². The summed E-state index contributed by atoms with van der Waals surface area (Å²) in [6, 6.07) is 1.95. The number of nitriles is 1. The minimum atomic E-state index is -0.362. The molecule has 0 aliphatic carbocycles. The van der Waals surface area contributed by atoms with Crippen molar-refractivity contribution in [2.24, 2.45) is 0 Å². The zero-order valence-electron chi connectivity index (χ0n) is 7.78. The standard InChI is InChI=1S/C8H10N4O2/c1-2-10-8(13)7-11-6(14-12-7)4-3-5-9/h2-4H2,1H3,(H,10,13). The Hall–Kier alpha value is -1.90. The van der Waals surface area contributed by atoms with Gasteiger partial charge in [-0.15, -0.1) is 0 Å². The number of carbonyl (C=O) groups is 1. The van der Waals surface area contributed by atoms with Gasteiger partial charge in [0.05, 0.1) is 6.07 Å². The highest BCUT2D eigenvalue weighted by atomic mass is 16.5. The zero-order chi connectivity index (χ0) is 10.4. The van der Waals surface area contributed by atoms with Gasteiger partial charge in [0.1, 0.15) is 0 Å². The number of hydrogen-bond acceptors (Lipinski definition) is 5. The molecular weight excluding hydrogens is 184 g/mol. The molecule has 14 heavy (non-hydrogen) atoms. The normalized spacial score (nSPS) is 9.43. The highest BCUT2D eigenvalue weighted by Crippen LogP contribution is 2.00. The van der Waals surface area contributed by atoms with Gasteiger partial charge in [0, 0.05) is 19.4 Å². The average Bonchev–Trinajstić information content (AvgIpc) is 2.63. The fourth-order valence-corrected chi connectivity index (χ4v) is 0.851. The van der Waals surface area contributed by atoms with Crippen LogP contribution in [0.25, 0.3) is 0 Å². The topological polar surface area (TPSA) is 91.8 Å². The number of aromatic nitrogens is 2. The Morgan fingerprint density at radius 1 is 1.71 bits per heavy atom. The molecule has 0 fully saturated rings. The SMILES string of the molecule is CCNC(=O)c1noc(CCC#N)n1. The molecule has 0 aromatic carbocycles. The first kappa shape index (κ1) is 10.2. The summed E-state index contributed by atoms with van der Waals surface area (Å²) in [5.41, 5.74) is 0. The maximum absolute atomic E-state index is 11.2. The number of nitrogens with zero attached hydrogens (tertiary/aromatic N) is 3. The van der Waals surface area contributed by atoms with E-state index in [1.165, 1.54) is 0 Å². The molecule has 1 amide bonds. The third kappa shape index (κ3) is 2.55. The quantitative estimate of drug-likeness (QED) is 0.742. The van der Waals surface area contributed by atoms with E-state index in [0.29, 0.717) is 25.3 Å². The predicted octanol–water partition coefficient (Wildman–Crippen LogP) is 0.275. The van der Waals surface area contributed by atoms with E-state index in [1.54, 1.807) is 6.92 Å². The summed E-state index contributed by atoms with van der Waals surface area (Å²) >= 11 is 0. The van der Waals surface area contributed by atoms with Gasteiger partial charge in [0.25, 0.3) is 11.7 Å². The zero-order valence-corrected chi connectivity index (χ0v) is 7.78. The van der Waals surface area contributed by atoms with E-state index < -0.39 is 0 Å². The van der Waals surface area contributed by atoms with Crippen molar-refractivity contribution in [2.75, 3.05) is 6.54 Å². The van der Waals surface area contributed by atoms with Gasteiger partial charge in [-0.05, 0) is 6.92 Å². The smallest absolute Gasteiger partial charge is 0.292 e. The first-order valence-electron chi connectivity index (χ1n) is 4.25. The largest absolute Gasteiger partial charge is 0.349 e. The summed E-state index contributed by atoms with van der Waals surface area (Å²) in [4.78, 5) is 15.0. The summed E-state index contributed by atoms with van der Waals surface area (Å²) in [5.74, 6) is -0.0351. The van der Waals surface area contributed by atoms with Gasteiger partial charge in [-0.3, -0.25) is 4.79 Å². The van der Waals surface area contributed by atoms with Crippen LogP contribution in [0.2, 0.25) is 0 Å². The van der Waals surface area contributed by atoms with Crippen molar-refractivity contribution < 1.29 is 9.32 Å². The molecular formula is C8H10N4O2. The minimum Gasteiger partial charge on any atom is -0.349 e. The summed E-state index contributed by atoms with van der Waals surface area (Å²) in [7, 11) is 0. The van der Waals surface area contributed by atoms with Crippen molar-refractivity contribution in [1.82, 2.24) is 15.5 Å². The second-order valence-electron chi connectivity index (χ2n) is 2.53. The van der Waals surface area contributed by atoms with Crippen LogP contribution in [0.3, 0.4) is 0 Å². The van der Waals surface area contributed by atoms with Crippen molar-refractivity contribution >= 4 is 5.91 Å². The van der Waals surface area contributed by atoms with Crippen LogP contribution in [0, 0.1) is 11.3 Å². The molecule has 0 saturated heterocycles. The van der Waals surface area contributed by atoms with Gasteiger partial charge in [0.15, 0.2) is 0 Å². The number of amides is 1. The van der Waals surface area contributed by atoms with Gasteiger partial charge in [0.2, 0.25) is 5.89 Å². The van der Waals surface area contributed by atoms with Crippen LogP contribution >= 0.6 is 0 Å². The Balaban J connectivity index is 2.59. The lowest BCUT2D eigenvalue weighted by Gasteiger charge is -1.93. The molecule has 0 saturated carbocycles. The second-order valence-corrected chi connectivity index (χ2v) is 2.53. The minimum absolute atomic E-state index is 0.0137. The molecule has 0 atom stereocenters. The Labute approximate surface area is 80.9 Å². The lowest BCUT2D eigenvalue weighted by molar-refractivity contribution is 0.0942. The molecule has 74 valence electrons. The van der Waals surface area contributed by atoms with Crippen molar-refractivity contribution in [3.05, 3.63) is 11.7 Å². The first-order valence-corrected chi connectivity index (χ1v) is 4.25. The molecule has 0 unspecified atom stereocenters. The van der Waals surface area contributed by atoms with Crippen LogP contribution in [0.4, 0.5) is 0 Å². The van der Waals surface area contributed by atoms with E-state index in [4.69, 9.17) is 9.78 Å². The molecule has 0 aliphatic heterocycles. The lowest BCUT2D eigenvalue weighted by Crippen LogP contribution is -2.23. The number of nitrogens with one attached hydrogen (secondary N) is 1. The predicted molar refractivity (Wildman–Crippen MR) is 46.2 cm³/mol. The molecule has 0 spiro atoms. The van der Waals surface area contributed by atoms with Gasteiger partial charge in [-0.2, -0.15) is 10.2 Å². The monoisotopic (exact) mass is 194 g/mol. The number of hydrogen-bond donors (Lipinski definition) is 1. The van der Waals surface area contributed by atoms with Crippen LogP contribution in [-0.4, -0.2) is 22.6 Å². The van der Waals surface area contributed by atoms with Gasteiger partial charge >= 0.3 is 0 Å². The van der Waals surface area contributed by atoms with Crippen molar-refractivity contribution in [3.8, 4) is 6.07 Å². The first-order chi connectivity index (χ1) is 6.77. The number of carbonyl (C=O) groups excluding carboxylic acids is 1. The van der Waals surface area contributed by atoms with Crippen molar-refractivity contribution in [3.63, 3.8) is 0 Å². The van der Waals surface area contributed by atoms with Gasteiger partial charge in [-0.1, -0.05) is 5.16 Å². The molecule has 6 nitrogen and oxygen atoms in total. The number of rotatable bonds is 4. The van der Waals surface area contributed by atoms with E-state index in [0.717, 1.165) is 0 Å². The fraction of sp³-hybridized carbons (Fsp3) is 0.500. The summed E-state index contributed by atoms with van der Waals surface area (Å²) in [5, 5.41) is 14.3.